The molecule has 0 radical (unpaired) electrons. The lowest BCUT2D eigenvalue weighted by Gasteiger charge is -2.17. The van der Waals surface area contributed by atoms with Gasteiger partial charge in [-0.25, -0.2) is 4.98 Å². The molecule has 1 aromatic rings. The summed E-state index contributed by atoms with van der Waals surface area (Å²) >= 11 is 1.01. The molecule has 112 valence electrons. The quantitative estimate of drug-likeness (QED) is 0.584. The second kappa shape index (κ2) is 7.68. The van der Waals surface area contributed by atoms with Crippen molar-refractivity contribution in [1.29, 1.82) is 5.26 Å². The number of rotatable bonds is 6. The van der Waals surface area contributed by atoms with Crippen LogP contribution in [-0.2, 0) is 4.79 Å². The summed E-state index contributed by atoms with van der Waals surface area (Å²) < 4.78 is 0. The summed E-state index contributed by atoms with van der Waals surface area (Å²) in [7, 11) is 0. The van der Waals surface area contributed by atoms with Crippen LogP contribution in [0.25, 0.3) is 0 Å². The number of thioether (sulfide) groups is 1. The molecule has 21 heavy (non-hydrogen) atoms. The largest absolute Gasteiger partial charge is 0.390 e. The Labute approximate surface area is 124 Å². The maximum Gasteiger partial charge on any atom is 0.306 e. The van der Waals surface area contributed by atoms with Gasteiger partial charge in [0.15, 0.2) is 5.12 Å². The zero-order chi connectivity index (χ0) is 16.0. The molecule has 1 heterocycles. The molecule has 9 heteroatoms. The average molecular weight is 311 g/mol. The van der Waals surface area contributed by atoms with E-state index in [2.05, 4.69) is 4.98 Å². The van der Waals surface area contributed by atoms with Gasteiger partial charge in [-0.1, -0.05) is 11.8 Å². The lowest BCUT2D eigenvalue weighted by atomic mass is 10.0. The van der Waals surface area contributed by atoms with Crippen LogP contribution in [0.1, 0.15) is 30.7 Å². The van der Waals surface area contributed by atoms with Gasteiger partial charge in [-0.15, -0.1) is 0 Å². The number of aliphatic hydroxyl groups is 2. The van der Waals surface area contributed by atoms with Crippen molar-refractivity contribution in [2.75, 3.05) is 5.75 Å². The molecule has 0 aromatic carbocycles. The molecule has 0 amide bonds. The van der Waals surface area contributed by atoms with Gasteiger partial charge in [-0.05, 0) is 6.42 Å². The van der Waals surface area contributed by atoms with Crippen molar-refractivity contribution >= 4 is 22.6 Å². The van der Waals surface area contributed by atoms with E-state index in [0.29, 0.717) is 5.75 Å². The standard InChI is InChI=1S/C12H13N3O5S/c1-7(16)21-3-2-11(17)12(18)8-4-10(15(19)20)9(5-13)14-6-8/h4,6,11-12,17-18H,2-3H2,1H3. The lowest BCUT2D eigenvalue weighted by molar-refractivity contribution is -0.385. The Hall–Kier alpha value is -2.02. The SMILES string of the molecule is CC(=O)SCCC(O)C(O)c1cnc(C#N)c([N+](=O)[O-])c1. The lowest BCUT2D eigenvalue weighted by Crippen LogP contribution is -2.19. The Morgan fingerprint density at radius 2 is 2.29 bits per heavy atom. The molecule has 1 aromatic heterocycles. The first kappa shape index (κ1) is 17.0. The highest BCUT2D eigenvalue weighted by atomic mass is 32.2. The molecule has 0 fully saturated rings. The third-order valence-electron chi connectivity index (χ3n) is 2.62. The minimum atomic E-state index is -1.38. The fourth-order valence-electron chi connectivity index (χ4n) is 1.56. The van der Waals surface area contributed by atoms with Crippen LogP contribution in [0.5, 0.6) is 0 Å². The summed E-state index contributed by atoms with van der Waals surface area (Å²) in [6.45, 7) is 1.39. The van der Waals surface area contributed by atoms with Crippen LogP contribution in [0.4, 0.5) is 5.69 Å². The van der Waals surface area contributed by atoms with E-state index in [4.69, 9.17) is 5.26 Å². The van der Waals surface area contributed by atoms with E-state index in [-0.39, 0.29) is 22.8 Å². The number of carbonyl (C=O) groups is 1. The Morgan fingerprint density at radius 1 is 1.62 bits per heavy atom. The highest BCUT2D eigenvalue weighted by Gasteiger charge is 2.23. The number of nitrogens with zero attached hydrogens (tertiary/aromatic N) is 3. The summed E-state index contributed by atoms with van der Waals surface area (Å²) in [5.41, 5.74) is -0.849. The van der Waals surface area contributed by atoms with E-state index in [1.54, 1.807) is 6.07 Å². The molecule has 0 aliphatic rings. The zero-order valence-corrected chi connectivity index (χ0v) is 11.9. The minimum absolute atomic E-state index is 0.0426. The van der Waals surface area contributed by atoms with Crippen LogP contribution in [0.3, 0.4) is 0 Å². The maximum atomic E-state index is 10.8. The van der Waals surface area contributed by atoms with Crippen LogP contribution in [0.15, 0.2) is 12.3 Å². The van der Waals surface area contributed by atoms with Gasteiger partial charge in [0.05, 0.1) is 11.0 Å². The average Bonchev–Trinajstić information content (AvgIpc) is 2.45. The van der Waals surface area contributed by atoms with Gasteiger partial charge in [-0.3, -0.25) is 14.9 Å². The second-order valence-corrected chi connectivity index (χ2v) is 5.42. The summed E-state index contributed by atoms with van der Waals surface area (Å²) in [6.07, 6.45) is -1.32. The number of nitriles is 1. The van der Waals surface area contributed by atoms with Crippen molar-refractivity contribution in [3.63, 3.8) is 0 Å². The predicted octanol–water partition coefficient (Wildman–Crippen LogP) is 0.926. The molecule has 2 N–H and O–H groups in total. The maximum absolute atomic E-state index is 10.8. The fourth-order valence-corrected chi connectivity index (χ4v) is 2.21. The molecule has 0 spiro atoms. The van der Waals surface area contributed by atoms with Crippen LogP contribution in [0.2, 0.25) is 0 Å². The third kappa shape index (κ3) is 4.78. The molecule has 0 aliphatic carbocycles. The van der Waals surface area contributed by atoms with Gasteiger partial charge in [-0.2, -0.15) is 5.26 Å². The number of aromatic nitrogens is 1. The third-order valence-corrected chi connectivity index (χ3v) is 3.46. The zero-order valence-electron chi connectivity index (χ0n) is 11.1. The Kier molecular flexibility index (Phi) is 6.23. The van der Waals surface area contributed by atoms with Crippen molar-refractivity contribution in [3.05, 3.63) is 33.6 Å². The summed E-state index contributed by atoms with van der Waals surface area (Å²) in [5, 5.41) is 39.1. The molecule has 2 unspecified atom stereocenters. The van der Waals surface area contributed by atoms with Crippen LogP contribution in [-0.4, -0.2) is 37.1 Å². The van der Waals surface area contributed by atoms with Gasteiger partial charge >= 0.3 is 5.69 Å². The van der Waals surface area contributed by atoms with Gasteiger partial charge in [0.1, 0.15) is 12.2 Å². The van der Waals surface area contributed by atoms with Crippen LogP contribution < -0.4 is 0 Å². The van der Waals surface area contributed by atoms with Crippen LogP contribution >= 0.6 is 11.8 Å². The van der Waals surface area contributed by atoms with Crippen molar-refractivity contribution in [2.24, 2.45) is 0 Å². The number of nitro groups is 1. The summed E-state index contributed by atoms with van der Waals surface area (Å²) in [6, 6.07) is 2.59. The molecule has 0 saturated carbocycles. The Balaban J connectivity index is 2.85. The normalized spacial score (nSPS) is 13.2. The summed E-state index contributed by atoms with van der Waals surface area (Å²) in [4.78, 5) is 24.4. The van der Waals surface area contributed by atoms with E-state index in [1.165, 1.54) is 6.92 Å². The predicted molar refractivity (Wildman–Crippen MR) is 74.3 cm³/mol. The van der Waals surface area contributed by atoms with Gasteiger partial charge in [0.2, 0.25) is 5.69 Å². The molecule has 2 atom stereocenters. The minimum Gasteiger partial charge on any atom is -0.390 e. The molecule has 1 rings (SSSR count). The summed E-state index contributed by atoms with van der Waals surface area (Å²) in [5.74, 6) is 0.319. The Bertz CT molecular complexity index is 587. The highest BCUT2D eigenvalue weighted by Crippen LogP contribution is 2.25. The molecule has 0 aliphatic heterocycles. The smallest absolute Gasteiger partial charge is 0.306 e. The first-order valence-electron chi connectivity index (χ1n) is 5.90. The first-order valence-corrected chi connectivity index (χ1v) is 6.89. The second-order valence-electron chi connectivity index (χ2n) is 4.15. The molecule has 0 bridgehead atoms. The van der Waals surface area contributed by atoms with Gasteiger partial charge in [0.25, 0.3) is 0 Å². The number of carbonyl (C=O) groups excluding carboxylic acids is 1. The number of hydrogen-bond donors (Lipinski definition) is 2. The van der Waals surface area contributed by atoms with Crippen molar-refractivity contribution in [1.82, 2.24) is 4.98 Å². The van der Waals surface area contributed by atoms with E-state index >= 15 is 0 Å². The van der Waals surface area contributed by atoms with E-state index in [0.717, 1.165) is 24.0 Å². The van der Waals surface area contributed by atoms with Crippen molar-refractivity contribution < 1.29 is 19.9 Å². The molecular weight excluding hydrogens is 298 g/mol. The Morgan fingerprint density at radius 3 is 2.81 bits per heavy atom. The number of hydrogen-bond acceptors (Lipinski definition) is 8. The molecular formula is C12H13N3O5S. The van der Waals surface area contributed by atoms with Crippen molar-refractivity contribution in [3.8, 4) is 6.07 Å². The number of pyridine rings is 1. The molecule has 8 nitrogen and oxygen atoms in total. The highest BCUT2D eigenvalue weighted by molar-refractivity contribution is 8.13. The first-order chi connectivity index (χ1) is 9.86. The monoisotopic (exact) mass is 311 g/mol. The van der Waals surface area contributed by atoms with E-state index in [1.807, 2.05) is 0 Å². The molecule has 0 saturated heterocycles. The topological polar surface area (TPSA) is 137 Å². The van der Waals surface area contributed by atoms with E-state index in [9.17, 15) is 25.1 Å². The van der Waals surface area contributed by atoms with Gasteiger partial charge in [0, 0.05) is 30.5 Å². The van der Waals surface area contributed by atoms with Gasteiger partial charge < -0.3 is 10.2 Å². The number of aliphatic hydroxyl groups excluding tert-OH is 2. The van der Waals surface area contributed by atoms with Crippen molar-refractivity contribution in [2.45, 2.75) is 25.6 Å². The van der Waals surface area contributed by atoms with E-state index < -0.39 is 22.8 Å². The van der Waals surface area contributed by atoms with Crippen LogP contribution in [0, 0.1) is 21.4 Å². The fraction of sp³-hybridized carbons (Fsp3) is 0.417.